The van der Waals surface area contributed by atoms with Crippen LogP contribution in [-0.4, -0.2) is 13.1 Å². The molecule has 1 N–H and O–H groups in total. The van der Waals surface area contributed by atoms with E-state index in [1.807, 2.05) is 0 Å². The fourth-order valence-electron chi connectivity index (χ4n) is 2.11. The van der Waals surface area contributed by atoms with Gasteiger partial charge in [-0.3, -0.25) is 0 Å². The van der Waals surface area contributed by atoms with Crippen LogP contribution in [0.4, 0.5) is 0 Å². The first-order valence-electron chi connectivity index (χ1n) is 3.46. The smallest absolute Gasteiger partial charge is 0.00112 e. The van der Waals surface area contributed by atoms with E-state index in [1.54, 1.807) is 0 Å². The van der Waals surface area contributed by atoms with Crippen molar-refractivity contribution in [2.24, 2.45) is 17.3 Å². The molecule has 1 nitrogen and oxygen atoms in total. The molecule has 1 aliphatic heterocycles. The highest BCUT2D eigenvalue weighted by Gasteiger charge is 2.60. The van der Waals surface area contributed by atoms with E-state index in [0.717, 1.165) is 11.8 Å². The van der Waals surface area contributed by atoms with E-state index in [4.69, 9.17) is 0 Å². The van der Waals surface area contributed by atoms with Crippen LogP contribution in [0.15, 0.2) is 0 Å². The van der Waals surface area contributed by atoms with Gasteiger partial charge in [0.05, 0.1) is 0 Å². The molecule has 0 aromatic carbocycles. The Morgan fingerprint density at radius 3 is 2.62 bits per heavy atom. The molecule has 0 radical (unpaired) electrons. The summed E-state index contributed by atoms with van der Waals surface area (Å²) in [7, 11) is 0. The first kappa shape index (κ1) is 4.80. The van der Waals surface area contributed by atoms with E-state index in [9.17, 15) is 0 Å². The molecule has 0 aromatic rings. The molecule has 0 bridgehead atoms. The minimum atomic E-state index is 0.708. The minimum absolute atomic E-state index is 0.708. The molecular weight excluding hydrogens is 98.1 g/mol. The predicted octanol–water partition coefficient (Wildman–Crippen LogP) is 0.862. The van der Waals surface area contributed by atoms with Crippen molar-refractivity contribution < 1.29 is 0 Å². The third-order valence-corrected chi connectivity index (χ3v) is 3.25. The van der Waals surface area contributed by atoms with Gasteiger partial charge in [0.25, 0.3) is 0 Å². The highest BCUT2D eigenvalue weighted by atomic mass is 15.0. The molecule has 0 amide bonds. The molecule has 2 fully saturated rings. The van der Waals surface area contributed by atoms with Gasteiger partial charge in [0.2, 0.25) is 0 Å². The Labute approximate surface area is 50.5 Å². The zero-order chi connectivity index (χ0) is 5.78. The first-order chi connectivity index (χ1) is 3.75. The van der Waals surface area contributed by atoms with Gasteiger partial charge in [0.1, 0.15) is 0 Å². The van der Waals surface area contributed by atoms with Gasteiger partial charge in [-0.2, -0.15) is 0 Å². The van der Waals surface area contributed by atoms with Gasteiger partial charge in [-0.05, 0) is 23.8 Å². The molecule has 1 saturated heterocycles. The first-order valence-corrected chi connectivity index (χ1v) is 3.46. The Kier molecular flexibility index (Phi) is 0.663. The van der Waals surface area contributed by atoms with Gasteiger partial charge in [-0.25, -0.2) is 0 Å². The van der Waals surface area contributed by atoms with Crippen LogP contribution in [0.5, 0.6) is 0 Å². The summed E-state index contributed by atoms with van der Waals surface area (Å²) in [5, 5.41) is 3.39. The third kappa shape index (κ3) is 0.334. The summed E-state index contributed by atoms with van der Waals surface area (Å²) in [4.78, 5) is 0. The maximum absolute atomic E-state index is 3.39. The standard InChI is InChI=1S/C7H13N/c1-5-6-3-8-4-7(5,6)2/h5-6,8H,3-4H2,1-2H3. The Bertz CT molecular complexity index is 122. The van der Waals surface area contributed by atoms with Gasteiger partial charge in [-0.15, -0.1) is 0 Å². The highest BCUT2D eigenvalue weighted by molar-refractivity contribution is 5.11. The number of hydrogen-bond acceptors (Lipinski definition) is 1. The molecular formula is C7H13N. The van der Waals surface area contributed by atoms with Gasteiger partial charge in [0, 0.05) is 6.54 Å². The summed E-state index contributed by atoms with van der Waals surface area (Å²) in [6.45, 7) is 7.30. The molecule has 1 aliphatic carbocycles. The lowest BCUT2D eigenvalue weighted by atomic mass is 10.1. The van der Waals surface area contributed by atoms with Crippen molar-refractivity contribution in [3.63, 3.8) is 0 Å². The summed E-state index contributed by atoms with van der Waals surface area (Å²) in [5.41, 5.74) is 0.708. The van der Waals surface area contributed by atoms with Crippen LogP contribution in [0, 0.1) is 17.3 Å². The van der Waals surface area contributed by atoms with Crippen molar-refractivity contribution in [2.45, 2.75) is 13.8 Å². The lowest BCUT2D eigenvalue weighted by Gasteiger charge is -2.02. The highest BCUT2D eigenvalue weighted by Crippen LogP contribution is 2.59. The molecule has 1 saturated carbocycles. The number of rotatable bonds is 0. The summed E-state index contributed by atoms with van der Waals surface area (Å²) in [6, 6.07) is 0. The summed E-state index contributed by atoms with van der Waals surface area (Å²) < 4.78 is 0. The molecule has 1 heterocycles. The van der Waals surface area contributed by atoms with E-state index in [-0.39, 0.29) is 0 Å². The monoisotopic (exact) mass is 111 g/mol. The van der Waals surface area contributed by atoms with Crippen molar-refractivity contribution in [1.29, 1.82) is 0 Å². The van der Waals surface area contributed by atoms with E-state index in [0.29, 0.717) is 5.41 Å². The number of piperidine rings is 1. The number of nitrogens with one attached hydrogen (secondary N) is 1. The molecule has 0 aromatic heterocycles. The van der Waals surface area contributed by atoms with Crippen LogP contribution in [0.25, 0.3) is 0 Å². The minimum Gasteiger partial charge on any atom is -0.316 e. The Hall–Kier alpha value is -0.0400. The molecule has 46 valence electrons. The molecule has 2 aliphatic rings. The van der Waals surface area contributed by atoms with E-state index < -0.39 is 0 Å². The van der Waals surface area contributed by atoms with Crippen LogP contribution < -0.4 is 5.32 Å². The van der Waals surface area contributed by atoms with Gasteiger partial charge in [0.15, 0.2) is 0 Å². The van der Waals surface area contributed by atoms with Crippen LogP contribution in [-0.2, 0) is 0 Å². The van der Waals surface area contributed by atoms with Crippen LogP contribution in [0.3, 0.4) is 0 Å². The lowest BCUT2D eigenvalue weighted by Crippen LogP contribution is -2.17. The zero-order valence-electron chi connectivity index (χ0n) is 5.57. The quantitative estimate of drug-likeness (QED) is 0.489. The maximum Gasteiger partial charge on any atom is 0.00112 e. The molecule has 3 unspecified atom stereocenters. The SMILES string of the molecule is CC1C2CNCC12C. The van der Waals surface area contributed by atoms with Crippen LogP contribution in [0.2, 0.25) is 0 Å². The molecule has 0 spiro atoms. The molecule has 2 rings (SSSR count). The molecule has 1 heteroatoms. The predicted molar refractivity (Wildman–Crippen MR) is 33.6 cm³/mol. The van der Waals surface area contributed by atoms with E-state index in [1.165, 1.54) is 13.1 Å². The summed E-state index contributed by atoms with van der Waals surface area (Å²) in [6.07, 6.45) is 0. The van der Waals surface area contributed by atoms with E-state index in [2.05, 4.69) is 19.2 Å². The Morgan fingerprint density at radius 1 is 1.62 bits per heavy atom. The second kappa shape index (κ2) is 1.10. The van der Waals surface area contributed by atoms with Gasteiger partial charge in [-0.1, -0.05) is 13.8 Å². The van der Waals surface area contributed by atoms with Crippen LogP contribution >= 0.6 is 0 Å². The van der Waals surface area contributed by atoms with Gasteiger partial charge >= 0.3 is 0 Å². The summed E-state index contributed by atoms with van der Waals surface area (Å²) in [5.74, 6) is 2.02. The van der Waals surface area contributed by atoms with Crippen molar-refractivity contribution in [1.82, 2.24) is 5.32 Å². The van der Waals surface area contributed by atoms with Gasteiger partial charge < -0.3 is 5.32 Å². The molecule has 3 atom stereocenters. The van der Waals surface area contributed by atoms with E-state index >= 15 is 0 Å². The average molecular weight is 111 g/mol. The second-order valence-corrected chi connectivity index (χ2v) is 3.53. The lowest BCUT2D eigenvalue weighted by molar-refractivity contribution is 0.515. The average Bonchev–Trinajstić information content (AvgIpc) is 2.23. The fraction of sp³-hybridized carbons (Fsp3) is 1.00. The third-order valence-electron chi connectivity index (χ3n) is 3.25. The number of hydrogen-bond donors (Lipinski definition) is 1. The van der Waals surface area contributed by atoms with Crippen molar-refractivity contribution >= 4 is 0 Å². The maximum atomic E-state index is 3.39. The van der Waals surface area contributed by atoms with Crippen molar-refractivity contribution in [3.05, 3.63) is 0 Å². The topological polar surface area (TPSA) is 12.0 Å². The second-order valence-electron chi connectivity index (χ2n) is 3.53. The summed E-state index contributed by atoms with van der Waals surface area (Å²) >= 11 is 0. The van der Waals surface area contributed by atoms with Crippen LogP contribution in [0.1, 0.15) is 13.8 Å². The van der Waals surface area contributed by atoms with Crippen molar-refractivity contribution in [3.8, 4) is 0 Å². The molecule has 8 heavy (non-hydrogen) atoms. The Balaban J connectivity index is 2.18. The zero-order valence-corrected chi connectivity index (χ0v) is 5.57. The number of fused-ring (bicyclic) bond motifs is 1. The largest absolute Gasteiger partial charge is 0.316 e. The normalized spacial score (nSPS) is 60.8. The fourth-order valence-corrected chi connectivity index (χ4v) is 2.11. The Morgan fingerprint density at radius 2 is 2.38 bits per heavy atom. The van der Waals surface area contributed by atoms with Crippen molar-refractivity contribution in [2.75, 3.05) is 13.1 Å².